The Labute approximate surface area is 193 Å². The van der Waals surface area contributed by atoms with Gasteiger partial charge < -0.3 is 15.0 Å². The predicted octanol–water partition coefficient (Wildman–Crippen LogP) is 5.39. The first-order valence-electron chi connectivity index (χ1n) is 12.9. The van der Waals surface area contributed by atoms with Gasteiger partial charge in [0.05, 0.1) is 6.61 Å². The zero-order valence-electron chi connectivity index (χ0n) is 19.7. The molecule has 1 aromatic heterocycles. The molecule has 3 aliphatic heterocycles. The Balaban J connectivity index is 1.14. The summed E-state index contributed by atoms with van der Waals surface area (Å²) in [5.74, 6) is 3.17. The molecule has 0 radical (unpaired) electrons. The predicted molar refractivity (Wildman–Crippen MR) is 132 cm³/mol. The van der Waals surface area contributed by atoms with Crippen molar-refractivity contribution in [3.63, 3.8) is 0 Å². The van der Waals surface area contributed by atoms with Crippen LogP contribution in [0.5, 0.6) is 0 Å². The largest absolute Gasteiger partial charge is 0.381 e. The summed E-state index contributed by atoms with van der Waals surface area (Å²) in [7, 11) is 0. The molecule has 2 fully saturated rings. The number of fused-ring (bicyclic) bond motifs is 1. The van der Waals surface area contributed by atoms with Gasteiger partial charge in [0.15, 0.2) is 0 Å². The number of hydrogen-bond acceptors (Lipinski definition) is 4. The van der Waals surface area contributed by atoms with Crippen LogP contribution in [0.1, 0.15) is 73.2 Å². The second-order valence-electron chi connectivity index (χ2n) is 10.1. The Kier molecular flexibility index (Phi) is 7.09. The van der Waals surface area contributed by atoms with Crippen LogP contribution in [0, 0.1) is 5.92 Å². The maximum Gasteiger partial charge on any atom is 0.129 e. The van der Waals surface area contributed by atoms with Crippen LogP contribution in [0.2, 0.25) is 0 Å². The van der Waals surface area contributed by atoms with Crippen LogP contribution in [0.15, 0.2) is 36.4 Å². The van der Waals surface area contributed by atoms with Gasteiger partial charge in [-0.25, -0.2) is 4.98 Å². The summed E-state index contributed by atoms with van der Waals surface area (Å²) in [5, 5.41) is 3.48. The average molecular weight is 434 g/mol. The molecular weight excluding hydrogens is 394 g/mol. The topological polar surface area (TPSA) is 37.4 Å². The zero-order valence-corrected chi connectivity index (χ0v) is 19.7. The fraction of sp³-hybridized carbons (Fsp3) is 0.607. The van der Waals surface area contributed by atoms with Crippen LogP contribution in [0.25, 0.3) is 0 Å². The maximum atomic E-state index is 5.62. The number of rotatable bonds is 8. The van der Waals surface area contributed by atoms with Crippen LogP contribution in [0.4, 0.5) is 5.82 Å². The van der Waals surface area contributed by atoms with E-state index in [4.69, 9.17) is 9.72 Å². The van der Waals surface area contributed by atoms with Gasteiger partial charge in [-0.1, -0.05) is 37.3 Å². The zero-order chi connectivity index (χ0) is 21.8. The van der Waals surface area contributed by atoms with Crippen molar-refractivity contribution in [1.29, 1.82) is 0 Å². The lowest BCUT2D eigenvalue weighted by Crippen LogP contribution is -2.26. The number of aryl methyl sites for hydroxylation is 2. The Hall–Kier alpha value is -1.91. The number of ether oxygens (including phenoxy) is 1. The molecule has 4 nitrogen and oxygen atoms in total. The second-order valence-corrected chi connectivity index (χ2v) is 10.1. The minimum absolute atomic E-state index is 0.594. The molecule has 4 heterocycles. The van der Waals surface area contributed by atoms with E-state index in [0.29, 0.717) is 11.8 Å². The summed E-state index contributed by atoms with van der Waals surface area (Å²) < 4.78 is 5.62. The molecule has 3 aliphatic rings. The fourth-order valence-electron chi connectivity index (χ4n) is 5.82. The maximum absolute atomic E-state index is 5.62. The molecule has 2 saturated heterocycles. The summed E-state index contributed by atoms with van der Waals surface area (Å²) in [4.78, 5) is 7.62. The monoisotopic (exact) mass is 433 g/mol. The SMILES string of the molecule is CCC(CN1CCC(CCc2ccc3c(n2)NCCC3)C1)c1cccc(C2CCOC2)c1. The van der Waals surface area contributed by atoms with Gasteiger partial charge in [0.1, 0.15) is 5.82 Å². The van der Waals surface area contributed by atoms with E-state index >= 15 is 0 Å². The second kappa shape index (κ2) is 10.4. The van der Waals surface area contributed by atoms with E-state index in [9.17, 15) is 0 Å². The number of pyridine rings is 1. The van der Waals surface area contributed by atoms with Crippen LogP contribution >= 0.6 is 0 Å². The molecule has 5 rings (SSSR count). The molecule has 0 spiro atoms. The van der Waals surface area contributed by atoms with Gasteiger partial charge in [-0.3, -0.25) is 0 Å². The van der Waals surface area contributed by atoms with Crippen LogP contribution in [-0.4, -0.2) is 49.3 Å². The van der Waals surface area contributed by atoms with E-state index in [1.807, 2.05) is 0 Å². The number of likely N-dealkylation sites (tertiary alicyclic amines) is 1. The van der Waals surface area contributed by atoms with Crippen LogP contribution in [-0.2, 0) is 17.6 Å². The van der Waals surface area contributed by atoms with Crippen molar-refractivity contribution in [1.82, 2.24) is 9.88 Å². The Bertz CT molecular complexity index is 892. The first kappa shape index (κ1) is 21.9. The van der Waals surface area contributed by atoms with Crippen molar-refractivity contribution in [3.05, 3.63) is 58.8 Å². The number of nitrogens with one attached hydrogen (secondary N) is 1. The van der Waals surface area contributed by atoms with E-state index in [2.05, 4.69) is 53.5 Å². The third kappa shape index (κ3) is 5.18. The lowest BCUT2D eigenvalue weighted by molar-refractivity contribution is 0.194. The molecule has 4 heteroatoms. The van der Waals surface area contributed by atoms with E-state index in [1.54, 1.807) is 0 Å². The molecule has 3 unspecified atom stereocenters. The van der Waals surface area contributed by atoms with Crippen molar-refractivity contribution in [2.24, 2.45) is 5.92 Å². The van der Waals surface area contributed by atoms with Gasteiger partial charge in [0.2, 0.25) is 0 Å². The highest BCUT2D eigenvalue weighted by atomic mass is 16.5. The number of aromatic nitrogens is 1. The van der Waals surface area contributed by atoms with Crippen LogP contribution < -0.4 is 5.32 Å². The van der Waals surface area contributed by atoms with Crippen molar-refractivity contribution in [2.75, 3.05) is 44.7 Å². The van der Waals surface area contributed by atoms with Gasteiger partial charge in [-0.05, 0) is 86.1 Å². The van der Waals surface area contributed by atoms with Crippen molar-refractivity contribution in [2.45, 2.75) is 63.7 Å². The van der Waals surface area contributed by atoms with Gasteiger partial charge >= 0.3 is 0 Å². The molecule has 2 aromatic rings. The van der Waals surface area contributed by atoms with Crippen molar-refractivity contribution < 1.29 is 4.74 Å². The highest BCUT2D eigenvalue weighted by molar-refractivity contribution is 5.47. The highest BCUT2D eigenvalue weighted by Crippen LogP contribution is 2.31. The minimum atomic E-state index is 0.594. The molecular formula is C28H39N3O. The summed E-state index contributed by atoms with van der Waals surface area (Å²) in [6.45, 7) is 8.91. The summed E-state index contributed by atoms with van der Waals surface area (Å²) >= 11 is 0. The molecule has 0 aliphatic carbocycles. The third-order valence-electron chi connectivity index (χ3n) is 7.89. The van der Waals surface area contributed by atoms with Crippen LogP contribution in [0.3, 0.4) is 0 Å². The molecule has 32 heavy (non-hydrogen) atoms. The fourth-order valence-corrected chi connectivity index (χ4v) is 5.82. The Morgan fingerprint density at radius 1 is 1.22 bits per heavy atom. The number of benzene rings is 1. The van der Waals surface area contributed by atoms with Crippen molar-refractivity contribution in [3.8, 4) is 0 Å². The number of anilines is 1. The number of hydrogen-bond donors (Lipinski definition) is 1. The molecule has 1 N–H and O–H groups in total. The molecule has 0 amide bonds. The van der Waals surface area contributed by atoms with E-state index in [0.717, 1.165) is 37.9 Å². The first-order valence-corrected chi connectivity index (χ1v) is 12.9. The summed E-state index contributed by atoms with van der Waals surface area (Å²) in [6, 6.07) is 13.9. The lowest BCUT2D eigenvalue weighted by atomic mass is 9.90. The van der Waals surface area contributed by atoms with Gasteiger partial charge in [0.25, 0.3) is 0 Å². The summed E-state index contributed by atoms with van der Waals surface area (Å²) in [5.41, 5.74) is 5.65. The van der Waals surface area contributed by atoms with Gasteiger partial charge in [-0.2, -0.15) is 0 Å². The quantitative estimate of drug-likeness (QED) is 0.605. The Morgan fingerprint density at radius 3 is 3.06 bits per heavy atom. The standard InChI is InChI=1S/C28H39N3O/c1-2-22(24-5-3-6-25(17-24)26-13-16-32-20-26)19-31-15-12-21(18-31)8-10-27-11-9-23-7-4-14-29-28(23)30-27/h3,5-6,9,11,17,21-22,26H,2,4,7-8,10,12-16,18-20H2,1H3,(H,29,30). The molecule has 0 saturated carbocycles. The molecule has 0 bridgehead atoms. The molecule has 172 valence electrons. The third-order valence-corrected chi connectivity index (χ3v) is 7.89. The Morgan fingerprint density at radius 2 is 2.19 bits per heavy atom. The first-order chi connectivity index (χ1) is 15.8. The van der Waals surface area contributed by atoms with E-state index in [1.165, 1.54) is 80.5 Å². The van der Waals surface area contributed by atoms with E-state index in [-0.39, 0.29) is 0 Å². The number of nitrogens with zero attached hydrogens (tertiary/aromatic N) is 2. The van der Waals surface area contributed by atoms with Crippen molar-refractivity contribution >= 4 is 5.82 Å². The highest BCUT2D eigenvalue weighted by Gasteiger charge is 2.26. The average Bonchev–Trinajstić information content (AvgIpc) is 3.54. The molecule has 3 atom stereocenters. The van der Waals surface area contributed by atoms with Gasteiger partial charge in [-0.15, -0.1) is 0 Å². The van der Waals surface area contributed by atoms with Gasteiger partial charge in [0, 0.05) is 37.9 Å². The van der Waals surface area contributed by atoms with E-state index < -0.39 is 0 Å². The smallest absolute Gasteiger partial charge is 0.129 e. The summed E-state index contributed by atoms with van der Waals surface area (Å²) in [6.07, 6.45) is 8.47. The normalized spacial score (nSPS) is 24.3. The lowest BCUT2D eigenvalue weighted by Gasteiger charge is -2.24. The minimum Gasteiger partial charge on any atom is -0.381 e. The molecule has 1 aromatic carbocycles.